The fourth-order valence-corrected chi connectivity index (χ4v) is 3.71. The second-order valence-corrected chi connectivity index (χ2v) is 7.32. The summed E-state index contributed by atoms with van der Waals surface area (Å²) < 4.78 is 31.0. The maximum absolute atomic E-state index is 13.2. The van der Waals surface area contributed by atoms with Crippen LogP contribution in [-0.4, -0.2) is 30.1 Å². The molecular weight excluding hydrogens is 376 g/mol. The lowest BCUT2D eigenvalue weighted by atomic mass is 10.2. The number of hydrogen-bond donors (Lipinski definition) is 0. The first-order chi connectivity index (χ1) is 12.8. The van der Waals surface area contributed by atoms with E-state index in [0.717, 1.165) is 10.9 Å². The van der Waals surface area contributed by atoms with E-state index in [2.05, 4.69) is 10.2 Å². The van der Waals surface area contributed by atoms with Crippen molar-refractivity contribution in [2.24, 2.45) is 13.0 Å². The van der Waals surface area contributed by atoms with Gasteiger partial charge in [0, 0.05) is 43.7 Å². The van der Waals surface area contributed by atoms with E-state index in [-0.39, 0.29) is 18.0 Å². The Morgan fingerprint density at radius 3 is 2.78 bits per heavy atom. The van der Waals surface area contributed by atoms with Crippen LogP contribution in [0.25, 0.3) is 27.6 Å². The van der Waals surface area contributed by atoms with Gasteiger partial charge in [-0.15, -0.1) is 0 Å². The molecule has 27 heavy (non-hydrogen) atoms. The van der Waals surface area contributed by atoms with E-state index in [1.54, 1.807) is 39.7 Å². The first kappa shape index (κ1) is 16.4. The van der Waals surface area contributed by atoms with Crippen LogP contribution in [0, 0.1) is 5.92 Å². The molecule has 9 heteroatoms. The van der Waals surface area contributed by atoms with Gasteiger partial charge in [0.2, 0.25) is 0 Å². The topological polar surface area (TPSA) is 57.6 Å². The Morgan fingerprint density at radius 2 is 2.04 bits per heavy atom. The second-order valence-electron chi connectivity index (χ2n) is 6.94. The smallest absolute Gasteiger partial charge is 0.292 e. The summed E-state index contributed by atoms with van der Waals surface area (Å²) >= 11 is 6.33. The molecule has 1 aromatic carbocycles. The Hall–Kier alpha value is -2.74. The Balaban J connectivity index is 1.63. The van der Waals surface area contributed by atoms with Gasteiger partial charge in [-0.25, -0.2) is 8.78 Å². The van der Waals surface area contributed by atoms with Crippen LogP contribution < -0.4 is 5.56 Å². The summed E-state index contributed by atoms with van der Waals surface area (Å²) in [7, 11) is 1.82. The van der Waals surface area contributed by atoms with Gasteiger partial charge in [0.25, 0.3) is 11.5 Å². The van der Waals surface area contributed by atoms with E-state index in [1.807, 2.05) is 13.2 Å². The standard InChI is InChI=1S/C18H14ClF2N5O/c1-24-8-10-6-12(2-3-13(10)22-24)26-17(27)15(19)16-14(23-26)4-5-25(16)9-11-7-18(11,20)21/h2-6,8,11H,7,9H2,1H3/t11-/m1/s1. The molecule has 1 aliphatic carbocycles. The molecule has 3 heterocycles. The van der Waals surface area contributed by atoms with Crippen molar-refractivity contribution in [3.8, 4) is 5.69 Å². The predicted octanol–water partition coefficient (Wildman–Crippen LogP) is 3.38. The Morgan fingerprint density at radius 1 is 1.26 bits per heavy atom. The number of rotatable bonds is 3. The molecule has 1 fully saturated rings. The van der Waals surface area contributed by atoms with Gasteiger partial charge in [-0.2, -0.15) is 14.9 Å². The number of aryl methyl sites for hydroxylation is 1. The molecule has 0 amide bonds. The molecular formula is C18H14ClF2N5O. The number of fused-ring (bicyclic) bond motifs is 2. The van der Waals surface area contributed by atoms with Crippen LogP contribution in [0.3, 0.4) is 0 Å². The van der Waals surface area contributed by atoms with Crippen molar-refractivity contribution in [2.75, 3.05) is 0 Å². The largest absolute Gasteiger partial charge is 0.344 e. The van der Waals surface area contributed by atoms with Crippen LogP contribution in [0.2, 0.25) is 5.02 Å². The molecule has 0 spiro atoms. The molecule has 0 unspecified atom stereocenters. The molecule has 1 aliphatic rings. The molecule has 5 rings (SSSR count). The highest BCUT2D eigenvalue weighted by Gasteiger charge is 2.56. The van der Waals surface area contributed by atoms with E-state index in [9.17, 15) is 13.6 Å². The van der Waals surface area contributed by atoms with Gasteiger partial charge < -0.3 is 4.57 Å². The van der Waals surface area contributed by atoms with Crippen molar-refractivity contribution in [3.63, 3.8) is 0 Å². The van der Waals surface area contributed by atoms with E-state index < -0.39 is 17.4 Å². The molecule has 138 valence electrons. The molecule has 0 saturated heterocycles. The van der Waals surface area contributed by atoms with E-state index in [4.69, 9.17) is 11.6 Å². The number of halogens is 3. The number of benzene rings is 1. The minimum Gasteiger partial charge on any atom is -0.344 e. The molecule has 1 atom stereocenters. The first-order valence-electron chi connectivity index (χ1n) is 8.43. The third kappa shape index (κ3) is 2.55. The number of nitrogens with zero attached hydrogens (tertiary/aromatic N) is 5. The zero-order valence-electron chi connectivity index (χ0n) is 14.2. The third-order valence-electron chi connectivity index (χ3n) is 4.96. The molecule has 6 nitrogen and oxygen atoms in total. The predicted molar refractivity (Wildman–Crippen MR) is 97.7 cm³/mol. The molecule has 1 saturated carbocycles. The van der Waals surface area contributed by atoms with Gasteiger partial charge in [-0.1, -0.05) is 11.6 Å². The molecule has 4 aromatic rings. The minimum atomic E-state index is -2.63. The highest BCUT2D eigenvalue weighted by molar-refractivity contribution is 6.34. The molecule has 3 aromatic heterocycles. The Labute approximate surface area is 156 Å². The number of alkyl halides is 2. The first-order valence-corrected chi connectivity index (χ1v) is 8.80. The second kappa shape index (κ2) is 5.39. The van der Waals surface area contributed by atoms with Crippen LogP contribution >= 0.6 is 11.6 Å². The van der Waals surface area contributed by atoms with Gasteiger partial charge in [0.05, 0.1) is 16.7 Å². The average Bonchev–Trinajstić information content (AvgIpc) is 2.96. The fraction of sp³-hybridized carbons (Fsp3) is 0.278. The lowest BCUT2D eigenvalue weighted by Gasteiger charge is -2.09. The maximum atomic E-state index is 13.2. The third-order valence-corrected chi connectivity index (χ3v) is 5.30. The van der Waals surface area contributed by atoms with Crippen LogP contribution in [0.1, 0.15) is 6.42 Å². The SMILES string of the molecule is Cn1cc2cc(-n3nc4ccn(C[C@H]5CC5(F)F)c4c(Cl)c3=O)ccc2n1. The van der Waals surface area contributed by atoms with Crippen molar-refractivity contribution in [3.05, 3.63) is 52.0 Å². The van der Waals surface area contributed by atoms with Crippen molar-refractivity contribution in [1.29, 1.82) is 0 Å². The van der Waals surface area contributed by atoms with Crippen molar-refractivity contribution < 1.29 is 8.78 Å². The highest BCUT2D eigenvalue weighted by Crippen LogP contribution is 2.49. The maximum Gasteiger partial charge on any atom is 0.292 e. The zero-order valence-corrected chi connectivity index (χ0v) is 15.0. The van der Waals surface area contributed by atoms with Crippen LogP contribution in [0.4, 0.5) is 8.78 Å². The monoisotopic (exact) mass is 389 g/mol. The van der Waals surface area contributed by atoms with Gasteiger partial charge in [0.15, 0.2) is 0 Å². The van der Waals surface area contributed by atoms with Crippen molar-refractivity contribution in [1.82, 2.24) is 24.1 Å². The summed E-state index contributed by atoms with van der Waals surface area (Å²) in [5.41, 5.74) is 1.75. The summed E-state index contributed by atoms with van der Waals surface area (Å²) in [5.74, 6) is -3.36. The van der Waals surface area contributed by atoms with Crippen molar-refractivity contribution in [2.45, 2.75) is 18.9 Å². The molecule has 0 bridgehead atoms. The van der Waals surface area contributed by atoms with Gasteiger partial charge >= 0.3 is 0 Å². The van der Waals surface area contributed by atoms with Gasteiger partial charge in [-0.3, -0.25) is 9.48 Å². The lowest BCUT2D eigenvalue weighted by molar-refractivity contribution is 0.0954. The number of aromatic nitrogens is 5. The van der Waals surface area contributed by atoms with Crippen molar-refractivity contribution >= 4 is 33.5 Å². The average molecular weight is 390 g/mol. The normalized spacial score (nSPS) is 18.4. The van der Waals surface area contributed by atoms with E-state index >= 15 is 0 Å². The number of hydrogen-bond acceptors (Lipinski definition) is 3. The van der Waals surface area contributed by atoms with Gasteiger partial charge in [-0.05, 0) is 24.3 Å². The fourth-order valence-electron chi connectivity index (χ4n) is 3.43. The van der Waals surface area contributed by atoms with Crippen LogP contribution in [-0.2, 0) is 13.6 Å². The van der Waals surface area contributed by atoms with Crippen LogP contribution in [0.15, 0.2) is 41.5 Å². The Bertz CT molecular complexity index is 1270. The quantitative estimate of drug-likeness (QED) is 0.539. The highest BCUT2D eigenvalue weighted by atomic mass is 35.5. The Kier molecular flexibility index (Phi) is 3.28. The van der Waals surface area contributed by atoms with Gasteiger partial charge in [0.1, 0.15) is 10.5 Å². The molecule has 0 aliphatic heterocycles. The summed E-state index contributed by atoms with van der Waals surface area (Å²) in [5, 5.41) is 9.53. The zero-order chi connectivity index (χ0) is 18.9. The summed E-state index contributed by atoms with van der Waals surface area (Å²) in [6, 6.07) is 7.03. The van der Waals surface area contributed by atoms with Crippen LogP contribution in [0.5, 0.6) is 0 Å². The molecule has 0 radical (unpaired) electrons. The lowest BCUT2D eigenvalue weighted by Crippen LogP contribution is -2.22. The van der Waals surface area contributed by atoms with E-state index in [0.29, 0.717) is 16.7 Å². The summed E-state index contributed by atoms with van der Waals surface area (Å²) in [6.45, 7) is 0.114. The summed E-state index contributed by atoms with van der Waals surface area (Å²) in [6.07, 6.45) is 3.35. The minimum absolute atomic E-state index is 0.0275. The van der Waals surface area contributed by atoms with E-state index in [1.165, 1.54) is 4.68 Å². The molecule has 0 N–H and O–H groups in total. The summed E-state index contributed by atoms with van der Waals surface area (Å²) in [4.78, 5) is 12.8.